The van der Waals surface area contributed by atoms with Gasteiger partial charge in [-0.2, -0.15) is 0 Å². The van der Waals surface area contributed by atoms with Gasteiger partial charge in [-0.25, -0.2) is 9.97 Å². The second-order valence-corrected chi connectivity index (χ2v) is 5.18. The molecule has 0 saturated carbocycles. The quantitative estimate of drug-likeness (QED) is 0.926. The van der Waals surface area contributed by atoms with Crippen LogP contribution in [0.4, 0.5) is 0 Å². The average Bonchev–Trinajstić information content (AvgIpc) is 2.85. The first kappa shape index (κ1) is 11.7. The molecule has 3 rings (SSSR count). The van der Waals surface area contributed by atoms with Crippen molar-refractivity contribution in [3.63, 3.8) is 0 Å². The number of halogens is 1. The van der Waals surface area contributed by atoms with Gasteiger partial charge in [-0.3, -0.25) is 4.98 Å². The molecule has 92 valence electrons. The number of aryl methyl sites for hydroxylation is 1. The Morgan fingerprint density at radius 1 is 1.28 bits per heavy atom. The summed E-state index contributed by atoms with van der Waals surface area (Å²) in [7, 11) is 0. The van der Waals surface area contributed by atoms with E-state index < -0.39 is 0 Å². The smallest absolute Gasteiger partial charge is 0.161 e. The van der Waals surface area contributed by atoms with Crippen LogP contribution in [0, 0.1) is 0 Å². The highest BCUT2D eigenvalue weighted by Gasteiger charge is 2.18. The maximum atomic E-state index is 4.66. The third-order valence-corrected chi connectivity index (χ3v) is 3.50. The fourth-order valence-electron chi connectivity index (χ4n) is 2.19. The Bertz CT molecular complexity index is 598. The molecule has 0 radical (unpaired) electrons. The maximum absolute atomic E-state index is 4.66. The first-order valence-corrected chi connectivity index (χ1v) is 6.77. The third kappa shape index (κ3) is 2.04. The lowest BCUT2D eigenvalue weighted by molar-refractivity contribution is 0.755. The van der Waals surface area contributed by atoms with E-state index in [1.807, 2.05) is 6.07 Å². The Morgan fingerprint density at radius 3 is 2.94 bits per heavy atom. The second kappa shape index (κ2) is 4.74. The zero-order chi connectivity index (χ0) is 12.5. The van der Waals surface area contributed by atoms with Crippen LogP contribution in [0.1, 0.15) is 23.9 Å². The first-order valence-electron chi connectivity index (χ1n) is 5.98. The predicted octanol–water partition coefficient (Wildman–Crippen LogP) is 2.47. The van der Waals surface area contributed by atoms with Crippen molar-refractivity contribution in [2.24, 2.45) is 0 Å². The molecular formula is C13H13BrN4. The van der Waals surface area contributed by atoms with E-state index in [1.165, 1.54) is 5.56 Å². The zero-order valence-corrected chi connectivity index (χ0v) is 11.7. The Balaban J connectivity index is 2.13. The van der Waals surface area contributed by atoms with Gasteiger partial charge < -0.3 is 5.32 Å². The van der Waals surface area contributed by atoms with Crippen LogP contribution >= 0.6 is 15.9 Å². The van der Waals surface area contributed by atoms with Gasteiger partial charge in [0.05, 0.1) is 5.69 Å². The summed E-state index contributed by atoms with van der Waals surface area (Å²) < 4.78 is 0.945. The van der Waals surface area contributed by atoms with Crippen molar-refractivity contribution in [3.05, 3.63) is 39.9 Å². The monoisotopic (exact) mass is 304 g/mol. The van der Waals surface area contributed by atoms with E-state index in [1.54, 1.807) is 12.4 Å². The van der Waals surface area contributed by atoms with Crippen molar-refractivity contribution in [2.75, 3.05) is 0 Å². The van der Waals surface area contributed by atoms with E-state index in [-0.39, 0.29) is 0 Å². The van der Waals surface area contributed by atoms with E-state index in [2.05, 4.69) is 43.1 Å². The highest BCUT2D eigenvalue weighted by atomic mass is 79.9. The van der Waals surface area contributed by atoms with Gasteiger partial charge in [0.1, 0.15) is 0 Å². The normalized spacial score (nSPS) is 13.7. The fourth-order valence-corrected chi connectivity index (χ4v) is 2.56. The van der Waals surface area contributed by atoms with E-state index in [9.17, 15) is 0 Å². The number of aromatic nitrogens is 3. The van der Waals surface area contributed by atoms with E-state index in [0.29, 0.717) is 0 Å². The van der Waals surface area contributed by atoms with Crippen molar-refractivity contribution < 1.29 is 0 Å². The third-order valence-electron chi connectivity index (χ3n) is 3.07. The molecule has 0 aliphatic carbocycles. The molecule has 0 saturated heterocycles. The molecule has 0 bridgehead atoms. The lowest BCUT2D eigenvalue weighted by Crippen LogP contribution is -2.02. The minimum absolute atomic E-state index is 0.767. The van der Waals surface area contributed by atoms with Crippen molar-refractivity contribution >= 4 is 15.9 Å². The van der Waals surface area contributed by atoms with Crippen LogP contribution in [0.2, 0.25) is 0 Å². The molecule has 2 aromatic heterocycles. The Labute approximate surface area is 114 Å². The SMILES string of the molecule is CCc1nc(-c2cncc(Br)c2)nc2c1CNC2. The fraction of sp³-hybridized carbons (Fsp3) is 0.308. The van der Waals surface area contributed by atoms with E-state index >= 15 is 0 Å². The van der Waals surface area contributed by atoms with Gasteiger partial charge in [0.25, 0.3) is 0 Å². The largest absolute Gasteiger partial charge is 0.307 e. The molecule has 0 unspecified atom stereocenters. The first-order chi connectivity index (χ1) is 8.78. The number of nitrogens with zero attached hydrogens (tertiary/aromatic N) is 3. The summed E-state index contributed by atoms with van der Waals surface area (Å²) in [6.45, 7) is 3.85. The van der Waals surface area contributed by atoms with Crippen molar-refractivity contribution in [1.82, 2.24) is 20.3 Å². The average molecular weight is 305 g/mol. The van der Waals surface area contributed by atoms with Crippen LogP contribution in [-0.4, -0.2) is 15.0 Å². The summed E-state index contributed by atoms with van der Waals surface area (Å²) in [6.07, 6.45) is 4.49. The minimum atomic E-state index is 0.767. The number of fused-ring (bicyclic) bond motifs is 1. The molecule has 1 aliphatic rings. The van der Waals surface area contributed by atoms with Crippen LogP contribution in [0.15, 0.2) is 22.9 Å². The van der Waals surface area contributed by atoms with Gasteiger partial charge in [0.15, 0.2) is 5.82 Å². The van der Waals surface area contributed by atoms with Gasteiger partial charge in [0.2, 0.25) is 0 Å². The summed E-state index contributed by atoms with van der Waals surface area (Å²) >= 11 is 3.43. The molecule has 0 atom stereocenters. The van der Waals surface area contributed by atoms with Gasteiger partial charge in [-0.15, -0.1) is 0 Å². The zero-order valence-electron chi connectivity index (χ0n) is 10.1. The van der Waals surface area contributed by atoms with Crippen LogP contribution < -0.4 is 5.32 Å². The molecule has 5 heteroatoms. The number of hydrogen-bond acceptors (Lipinski definition) is 4. The number of rotatable bonds is 2. The molecular weight excluding hydrogens is 292 g/mol. The number of pyridine rings is 1. The molecule has 4 nitrogen and oxygen atoms in total. The summed E-state index contributed by atoms with van der Waals surface area (Å²) in [4.78, 5) is 13.5. The van der Waals surface area contributed by atoms with Crippen molar-refractivity contribution in [3.8, 4) is 11.4 Å². The van der Waals surface area contributed by atoms with Gasteiger partial charge in [-0.05, 0) is 28.4 Å². The molecule has 2 aromatic rings. The molecule has 0 spiro atoms. The summed E-state index contributed by atoms with van der Waals surface area (Å²) in [5.74, 6) is 0.767. The second-order valence-electron chi connectivity index (χ2n) is 4.27. The molecule has 3 heterocycles. The van der Waals surface area contributed by atoms with E-state index in [0.717, 1.165) is 46.8 Å². The topological polar surface area (TPSA) is 50.7 Å². The Kier molecular flexibility index (Phi) is 3.09. The maximum Gasteiger partial charge on any atom is 0.161 e. The van der Waals surface area contributed by atoms with Gasteiger partial charge in [-0.1, -0.05) is 6.92 Å². The highest BCUT2D eigenvalue weighted by molar-refractivity contribution is 9.10. The van der Waals surface area contributed by atoms with Crippen molar-refractivity contribution in [1.29, 1.82) is 0 Å². The molecule has 0 amide bonds. The number of nitrogens with one attached hydrogen (secondary N) is 1. The summed E-state index contributed by atoms with van der Waals surface area (Å²) in [5, 5.41) is 3.33. The minimum Gasteiger partial charge on any atom is -0.307 e. The summed E-state index contributed by atoms with van der Waals surface area (Å²) in [5.41, 5.74) is 4.48. The Hall–Kier alpha value is -1.33. The molecule has 0 fully saturated rings. The summed E-state index contributed by atoms with van der Waals surface area (Å²) in [6, 6.07) is 2.00. The van der Waals surface area contributed by atoms with Crippen LogP contribution in [0.3, 0.4) is 0 Å². The van der Waals surface area contributed by atoms with Gasteiger partial charge in [0, 0.05) is 46.8 Å². The molecule has 1 N–H and O–H groups in total. The lowest BCUT2D eigenvalue weighted by atomic mass is 10.1. The predicted molar refractivity (Wildman–Crippen MR) is 72.9 cm³/mol. The van der Waals surface area contributed by atoms with Crippen LogP contribution in [0.25, 0.3) is 11.4 Å². The van der Waals surface area contributed by atoms with Crippen LogP contribution in [-0.2, 0) is 19.5 Å². The van der Waals surface area contributed by atoms with E-state index in [4.69, 9.17) is 0 Å². The molecule has 0 aromatic carbocycles. The van der Waals surface area contributed by atoms with Gasteiger partial charge >= 0.3 is 0 Å². The van der Waals surface area contributed by atoms with Crippen molar-refractivity contribution in [2.45, 2.75) is 26.4 Å². The molecule has 18 heavy (non-hydrogen) atoms. The standard InChI is InChI=1S/C13H13BrN4/c1-2-11-10-6-16-7-12(10)18-13(17-11)8-3-9(14)5-15-4-8/h3-5,16H,2,6-7H2,1H3. The van der Waals surface area contributed by atoms with Crippen LogP contribution in [0.5, 0.6) is 0 Å². The lowest BCUT2D eigenvalue weighted by Gasteiger charge is -2.08. The Morgan fingerprint density at radius 2 is 2.17 bits per heavy atom. The highest BCUT2D eigenvalue weighted by Crippen LogP contribution is 2.23. The molecule has 1 aliphatic heterocycles. The number of hydrogen-bond donors (Lipinski definition) is 1.